The lowest BCUT2D eigenvalue weighted by atomic mass is 10.2. The highest BCUT2D eigenvalue weighted by Gasteiger charge is 2.22. The minimum absolute atomic E-state index is 0.123. The van der Waals surface area contributed by atoms with Gasteiger partial charge in [0.2, 0.25) is 0 Å². The average molecular weight is 263 g/mol. The van der Waals surface area contributed by atoms with Gasteiger partial charge in [-0.1, -0.05) is 13.0 Å². The summed E-state index contributed by atoms with van der Waals surface area (Å²) >= 11 is 0. The highest BCUT2D eigenvalue weighted by atomic mass is 16.4. The maximum absolute atomic E-state index is 10.9. The minimum Gasteiger partial charge on any atom is -0.477 e. The molecule has 1 aliphatic rings. The third-order valence-electron chi connectivity index (χ3n) is 3.67. The predicted molar refractivity (Wildman–Crippen MR) is 73.2 cm³/mol. The lowest BCUT2D eigenvalue weighted by molar-refractivity contribution is 0.0687. The molecule has 0 aliphatic carbocycles. The first-order valence-electron chi connectivity index (χ1n) is 6.75. The summed E-state index contributed by atoms with van der Waals surface area (Å²) < 4.78 is 0. The Labute approximate surface area is 113 Å². The molecule has 1 N–H and O–H groups in total. The second-order valence-electron chi connectivity index (χ2n) is 5.03. The van der Waals surface area contributed by atoms with E-state index < -0.39 is 5.97 Å². The van der Waals surface area contributed by atoms with E-state index in [1.54, 1.807) is 6.07 Å². The van der Waals surface area contributed by atoms with Crippen LogP contribution in [-0.2, 0) is 6.54 Å². The van der Waals surface area contributed by atoms with Crippen molar-refractivity contribution in [2.45, 2.75) is 26.4 Å². The van der Waals surface area contributed by atoms with E-state index in [-0.39, 0.29) is 5.69 Å². The third-order valence-corrected chi connectivity index (χ3v) is 3.67. The number of aromatic nitrogens is 1. The first-order chi connectivity index (χ1) is 9.10. The molecule has 1 aliphatic heterocycles. The predicted octanol–water partition coefficient (Wildman–Crippen LogP) is 1.31. The first-order valence-corrected chi connectivity index (χ1v) is 6.75. The van der Waals surface area contributed by atoms with Crippen LogP contribution in [0.3, 0.4) is 0 Å². The van der Waals surface area contributed by atoms with Crippen molar-refractivity contribution in [2.75, 3.05) is 26.2 Å². The van der Waals surface area contributed by atoms with Gasteiger partial charge in [-0.05, 0) is 25.6 Å². The molecule has 1 aromatic heterocycles. The fourth-order valence-corrected chi connectivity index (χ4v) is 2.60. The fraction of sp³-hybridized carbons (Fsp3) is 0.571. The van der Waals surface area contributed by atoms with Crippen LogP contribution in [-0.4, -0.2) is 58.1 Å². The molecular weight excluding hydrogens is 242 g/mol. The molecule has 0 radical (unpaired) electrons. The van der Waals surface area contributed by atoms with Crippen molar-refractivity contribution in [2.24, 2.45) is 0 Å². The molecular formula is C14H21N3O2. The molecule has 0 aromatic carbocycles. The molecule has 0 spiro atoms. The van der Waals surface area contributed by atoms with Crippen LogP contribution in [0.15, 0.2) is 18.2 Å². The maximum Gasteiger partial charge on any atom is 0.354 e. The standard InChI is InChI=1S/C14H21N3O2/c1-3-17-8-7-16(9-11(17)2)10-12-5-4-6-13(15-12)14(18)19/h4-6,11H,3,7-10H2,1-2H3,(H,18,19). The molecule has 5 heteroatoms. The van der Waals surface area contributed by atoms with Gasteiger partial charge in [0, 0.05) is 32.2 Å². The van der Waals surface area contributed by atoms with Gasteiger partial charge in [0.05, 0.1) is 5.69 Å². The summed E-state index contributed by atoms with van der Waals surface area (Å²) in [5, 5.41) is 8.94. The molecule has 5 nitrogen and oxygen atoms in total. The van der Waals surface area contributed by atoms with Crippen LogP contribution < -0.4 is 0 Å². The van der Waals surface area contributed by atoms with Crippen LogP contribution in [0.1, 0.15) is 30.0 Å². The van der Waals surface area contributed by atoms with E-state index in [0.29, 0.717) is 6.04 Å². The van der Waals surface area contributed by atoms with Crippen molar-refractivity contribution in [3.8, 4) is 0 Å². The Kier molecular flexibility index (Phi) is 4.50. The van der Waals surface area contributed by atoms with E-state index in [2.05, 4.69) is 28.6 Å². The summed E-state index contributed by atoms with van der Waals surface area (Å²) in [6, 6.07) is 5.73. The van der Waals surface area contributed by atoms with Crippen molar-refractivity contribution < 1.29 is 9.90 Å². The number of hydrogen-bond acceptors (Lipinski definition) is 4. The molecule has 1 atom stereocenters. The fourth-order valence-electron chi connectivity index (χ4n) is 2.60. The normalized spacial score (nSPS) is 21.5. The highest BCUT2D eigenvalue weighted by molar-refractivity contribution is 5.85. The number of nitrogens with zero attached hydrogens (tertiary/aromatic N) is 3. The smallest absolute Gasteiger partial charge is 0.354 e. The number of rotatable bonds is 4. The van der Waals surface area contributed by atoms with Gasteiger partial charge in [-0.25, -0.2) is 9.78 Å². The van der Waals surface area contributed by atoms with Gasteiger partial charge in [-0.3, -0.25) is 9.80 Å². The van der Waals surface area contributed by atoms with Crippen LogP contribution >= 0.6 is 0 Å². The van der Waals surface area contributed by atoms with E-state index >= 15 is 0 Å². The molecule has 0 saturated carbocycles. The van der Waals surface area contributed by atoms with Gasteiger partial charge in [0.25, 0.3) is 0 Å². The maximum atomic E-state index is 10.9. The lowest BCUT2D eigenvalue weighted by Gasteiger charge is -2.39. The molecule has 19 heavy (non-hydrogen) atoms. The van der Waals surface area contributed by atoms with Crippen molar-refractivity contribution in [1.82, 2.24) is 14.8 Å². The summed E-state index contributed by atoms with van der Waals surface area (Å²) in [7, 11) is 0. The van der Waals surface area contributed by atoms with Crippen LogP contribution in [0, 0.1) is 0 Å². The Hall–Kier alpha value is -1.46. The lowest BCUT2D eigenvalue weighted by Crippen LogP contribution is -2.51. The van der Waals surface area contributed by atoms with Crippen LogP contribution in [0.2, 0.25) is 0 Å². The van der Waals surface area contributed by atoms with Gasteiger partial charge in [0.1, 0.15) is 5.69 Å². The van der Waals surface area contributed by atoms with Gasteiger partial charge in [0.15, 0.2) is 0 Å². The minimum atomic E-state index is -0.967. The highest BCUT2D eigenvalue weighted by Crippen LogP contribution is 2.12. The number of likely N-dealkylation sites (N-methyl/N-ethyl adjacent to an activating group) is 1. The zero-order chi connectivity index (χ0) is 13.8. The Morgan fingerprint density at radius 1 is 1.47 bits per heavy atom. The van der Waals surface area contributed by atoms with Gasteiger partial charge >= 0.3 is 5.97 Å². The number of carboxylic acid groups (broad SMARTS) is 1. The second-order valence-corrected chi connectivity index (χ2v) is 5.03. The number of hydrogen-bond donors (Lipinski definition) is 1. The molecule has 104 valence electrons. The molecule has 1 unspecified atom stereocenters. The van der Waals surface area contributed by atoms with Gasteiger partial charge in [-0.15, -0.1) is 0 Å². The van der Waals surface area contributed by atoms with Crippen molar-refractivity contribution in [3.05, 3.63) is 29.6 Å². The van der Waals surface area contributed by atoms with E-state index in [1.807, 2.05) is 6.07 Å². The number of aromatic carboxylic acids is 1. The van der Waals surface area contributed by atoms with E-state index in [4.69, 9.17) is 5.11 Å². The van der Waals surface area contributed by atoms with Crippen molar-refractivity contribution in [3.63, 3.8) is 0 Å². The van der Waals surface area contributed by atoms with Crippen LogP contribution in [0.5, 0.6) is 0 Å². The van der Waals surface area contributed by atoms with Crippen molar-refractivity contribution in [1.29, 1.82) is 0 Å². The zero-order valence-corrected chi connectivity index (χ0v) is 11.5. The third kappa shape index (κ3) is 3.52. The molecule has 1 fully saturated rings. The summed E-state index contributed by atoms with van der Waals surface area (Å²) in [6.07, 6.45) is 0. The molecule has 0 bridgehead atoms. The van der Waals surface area contributed by atoms with Gasteiger partial charge < -0.3 is 5.11 Å². The van der Waals surface area contributed by atoms with Crippen LogP contribution in [0.25, 0.3) is 0 Å². The molecule has 2 rings (SSSR count). The SMILES string of the molecule is CCN1CCN(Cc2cccc(C(=O)O)n2)CC1C. The molecule has 1 saturated heterocycles. The summed E-state index contributed by atoms with van der Waals surface area (Å²) in [4.78, 5) is 19.9. The van der Waals surface area contributed by atoms with Gasteiger partial charge in [-0.2, -0.15) is 0 Å². The second kappa shape index (κ2) is 6.12. The molecule has 1 aromatic rings. The topological polar surface area (TPSA) is 56.7 Å². The Morgan fingerprint density at radius 3 is 2.89 bits per heavy atom. The van der Waals surface area contributed by atoms with Crippen LogP contribution in [0.4, 0.5) is 0 Å². The Morgan fingerprint density at radius 2 is 2.26 bits per heavy atom. The number of pyridine rings is 1. The van der Waals surface area contributed by atoms with E-state index in [9.17, 15) is 4.79 Å². The zero-order valence-electron chi connectivity index (χ0n) is 11.5. The number of piperazine rings is 1. The van der Waals surface area contributed by atoms with E-state index in [0.717, 1.165) is 38.4 Å². The monoisotopic (exact) mass is 263 g/mol. The Balaban J connectivity index is 1.98. The number of carboxylic acids is 1. The molecule has 2 heterocycles. The van der Waals surface area contributed by atoms with Crippen molar-refractivity contribution >= 4 is 5.97 Å². The largest absolute Gasteiger partial charge is 0.477 e. The number of carbonyl (C=O) groups is 1. The van der Waals surface area contributed by atoms with E-state index in [1.165, 1.54) is 6.07 Å². The average Bonchev–Trinajstić information content (AvgIpc) is 2.39. The quantitative estimate of drug-likeness (QED) is 0.887. The Bertz CT molecular complexity index is 450. The molecule has 0 amide bonds. The summed E-state index contributed by atoms with van der Waals surface area (Å²) in [6.45, 7) is 9.31. The summed E-state index contributed by atoms with van der Waals surface area (Å²) in [5.41, 5.74) is 0.954. The first kappa shape index (κ1) is 14.0. The summed E-state index contributed by atoms with van der Waals surface area (Å²) in [5.74, 6) is -0.967.